The van der Waals surface area contributed by atoms with Crippen molar-refractivity contribution in [2.45, 2.75) is 0 Å². The molecule has 0 bridgehead atoms. The second kappa shape index (κ2) is 6.15. The number of nitrogens with one attached hydrogen (secondary N) is 1. The summed E-state index contributed by atoms with van der Waals surface area (Å²) in [7, 11) is 1.95. The summed E-state index contributed by atoms with van der Waals surface area (Å²) in [5.41, 5.74) is 1.26. The Hall–Kier alpha value is -0.900. The van der Waals surface area contributed by atoms with Crippen LogP contribution in [0.4, 0.5) is 0 Å². The summed E-state index contributed by atoms with van der Waals surface area (Å²) >= 11 is 5.31. The molecule has 0 aliphatic heterocycles. The molecule has 0 saturated heterocycles. The molecule has 0 saturated carbocycles. The van der Waals surface area contributed by atoms with E-state index in [0.29, 0.717) is 0 Å². The van der Waals surface area contributed by atoms with Gasteiger partial charge in [-0.05, 0) is 43.0 Å². The number of hydrogen-bond acceptors (Lipinski definition) is 2. The average Bonchev–Trinajstić information content (AvgIpc) is 2.78. The Kier molecular flexibility index (Phi) is 4.54. The molecule has 1 N–H and O–H groups in total. The van der Waals surface area contributed by atoms with E-state index in [1.807, 2.05) is 24.5 Å². The van der Waals surface area contributed by atoms with E-state index in [1.165, 1.54) is 15.3 Å². The molecule has 0 radical (unpaired) electrons. The molecule has 2 aromatic rings. The molecule has 0 unspecified atom stereocenters. The van der Waals surface area contributed by atoms with Crippen LogP contribution in [-0.4, -0.2) is 13.6 Å². The van der Waals surface area contributed by atoms with Crippen LogP contribution in [0.1, 0.15) is 4.88 Å². The summed E-state index contributed by atoms with van der Waals surface area (Å²) in [6.07, 6.45) is 4.29. The van der Waals surface area contributed by atoms with Crippen molar-refractivity contribution in [1.29, 1.82) is 0 Å². The molecule has 88 valence electrons. The van der Waals surface area contributed by atoms with Crippen molar-refractivity contribution in [3.63, 3.8) is 0 Å². The first-order valence-electron chi connectivity index (χ1n) is 5.46. The van der Waals surface area contributed by atoms with Crippen LogP contribution in [0, 0.1) is 0 Å². The van der Waals surface area contributed by atoms with Crippen LogP contribution in [0.2, 0.25) is 0 Å². The van der Waals surface area contributed by atoms with Crippen molar-refractivity contribution in [2.75, 3.05) is 13.6 Å². The van der Waals surface area contributed by atoms with E-state index in [0.717, 1.165) is 11.0 Å². The summed E-state index contributed by atoms with van der Waals surface area (Å²) in [6.45, 7) is 0.907. The predicted molar refractivity (Wildman–Crippen MR) is 80.4 cm³/mol. The third-order valence-electron chi connectivity index (χ3n) is 2.34. The lowest BCUT2D eigenvalue weighted by Crippen LogP contribution is -2.03. The van der Waals surface area contributed by atoms with E-state index in [9.17, 15) is 0 Å². The quantitative estimate of drug-likeness (QED) is 0.882. The van der Waals surface area contributed by atoms with Crippen LogP contribution in [0.5, 0.6) is 0 Å². The van der Waals surface area contributed by atoms with Crippen molar-refractivity contribution < 1.29 is 0 Å². The Morgan fingerprint density at radius 1 is 1.29 bits per heavy atom. The lowest BCUT2D eigenvalue weighted by Gasteiger charge is -1.97. The topological polar surface area (TPSA) is 12.0 Å². The van der Waals surface area contributed by atoms with E-state index < -0.39 is 0 Å². The zero-order chi connectivity index (χ0) is 12.1. The standard InChI is InChI=1S/C14H14BrNS/c1-16-9-3-6-13-7-8-14(17-13)11-4-2-5-12(15)10-11/h2-8,10,16H,9H2,1H3. The van der Waals surface area contributed by atoms with Gasteiger partial charge in [-0.1, -0.05) is 34.1 Å². The Balaban J connectivity index is 2.18. The van der Waals surface area contributed by atoms with Crippen molar-refractivity contribution in [3.05, 3.63) is 51.8 Å². The molecule has 1 heterocycles. The van der Waals surface area contributed by atoms with Crippen LogP contribution in [0.25, 0.3) is 16.5 Å². The molecule has 0 aliphatic rings. The smallest absolute Gasteiger partial charge is 0.0349 e. The van der Waals surface area contributed by atoms with Crippen molar-refractivity contribution >= 4 is 33.3 Å². The molecule has 0 fully saturated rings. The van der Waals surface area contributed by atoms with Crippen molar-refractivity contribution in [1.82, 2.24) is 5.32 Å². The summed E-state index contributed by atoms with van der Waals surface area (Å²) < 4.78 is 1.12. The summed E-state index contributed by atoms with van der Waals surface area (Å²) in [6, 6.07) is 12.7. The van der Waals surface area contributed by atoms with Gasteiger partial charge in [0, 0.05) is 20.8 Å². The monoisotopic (exact) mass is 307 g/mol. The zero-order valence-corrected chi connectivity index (χ0v) is 12.0. The maximum Gasteiger partial charge on any atom is 0.0349 e. The van der Waals surface area contributed by atoms with E-state index in [-0.39, 0.29) is 0 Å². The van der Waals surface area contributed by atoms with Crippen LogP contribution in [0.15, 0.2) is 46.9 Å². The van der Waals surface area contributed by atoms with Gasteiger partial charge in [-0.3, -0.25) is 0 Å². The van der Waals surface area contributed by atoms with Gasteiger partial charge in [0.25, 0.3) is 0 Å². The molecule has 0 aliphatic carbocycles. The Morgan fingerprint density at radius 3 is 2.94 bits per heavy atom. The fourth-order valence-electron chi connectivity index (χ4n) is 1.53. The molecule has 17 heavy (non-hydrogen) atoms. The second-order valence-electron chi connectivity index (χ2n) is 3.67. The van der Waals surface area contributed by atoms with Crippen LogP contribution < -0.4 is 5.32 Å². The van der Waals surface area contributed by atoms with Gasteiger partial charge in [-0.25, -0.2) is 0 Å². The van der Waals surface area contributed by atoms with E-state index in [4.69, 9.17) is 0 Å². The summed E-state index contributed by atoms with van der Waals surface area (Å²) in [5.74, 6) is 0. The first kappa shape index (κ1) is 12.6. The third kappa shape index (κ3) is 3.53. The predicted octanol–water partition coefficient (Wildman–Crippen LogP) is 4.41. The largest absolute Gasteiger partial charge is 0.316 e. The minimum absolute atomic E-state index is 0.907. The van der Waals surface area contributed by atoms with Gasteiger partial charge >= 0.3 is 0 Å². The molecular formula is C14H14BrNS. The number of hydrogen-bond donors (Lipinski definition) is 1. The van der Waals surface area contributed by atoms with Gasteiger partial charge in [-0.2, -0.15) is 0 Å². The molecule has 1 nitrogen and oxygen atoms in total. The zero-order valence-electron chi connectivity index (χ0n) is 9.61. The molecule has 0 spiro atoms. The van der Waals surface area contributed by atoms with Gasteiger partial charge in [0.15, 0.2) is 0 Å². The third-order valence-corrected chi connectivity index (χ3v) is 3.93. The summed E-state index contributed by atoms with van der Waals surface area (Å²) in [4.78, 5) is 2.59. The Bertz CT molecular complexity index is 516. The first-order chi connectivity index (χ1) is 8.29. The first-order valence-corrected chi connectivity index (χ1v) is 7.07. The molecule has 0 atom stereocenters. The maximum atomic E-state index is 3.50. The summed E-state index contributed by atoms with van der Waals surface area (Å²) in [5, 5.41) is 3.10. The lowest BCUT2D eigenvalue weighted by atomic mass is 10.2. The lowest BCUT2D eigenvalue weighted by molar-refractivity contribution is 0.922. The Labute approximate surface area is 114 Å². The number of thiophene rings is 1. The number of likely N-dealkylation sites (N-methyl/N-ethyl adjacent to an activating group) is 1. The van der Waals surface area contributed by atoms with Crippen molar-refractivity contribution in [2.24, 2.45) is 0 Å². The van der Waals surface area contributed by atoms with Crippen molar-refractivity contribution in [3.8, 4) is 10.4 Å². The Morgan fingerprint density at radius 2 is 2.18 bits per heavy atom. The van der Waals surface area contributed by atoms with E-state index in [2.05, 4.69) is 63.7 Å². The highest BCUT2D eigenvalue weighted by molar-refractivity contribution is 9.10. The van der Waals surface area contributed by atoms with Gasteiger partial charge in [-0.15, -0.1) is 11.3 Å². The van der Waals surface area contributed by atoms with Gasteiger partial charge in [0.1, 0.15) is 0 Å². The van der Waals surface area contributed by atoms with E-state index in [1.54, 1.807) is 0 Å². The highest BCUT2D eigenvalue weighted by Gasteiger charge is 2.01. The fourth-order valence-corrected chi connectivity index (χ4v) is 2.87. The van der Waals surface area contributed by atoms with Crippen LogP contribution in [-0.2, 0) is 0 Å². The molecule has 3 heteroatoms. The van der Waals surface area contributed by atoms with Gasteiger partial charge < -0.3 is 5.32 Å². The van der Waals surface area contributed by atoms with Crippen LogP contribution in [0.3, 0.4) is 0 Å². The number of benzene rings is 1. The van der Waals surface area contributed by atoms with Gasteiger partial charge in [0.05, 0.1) is 0 Å². The van der Waals surface area contributed by atoms with Gasteiger partial charge in [0.2, 0.25) is 0 Å². The molecule has 2 rings (SSSR count). The van der Waals surface area contributed by atoms with E-state index >= 15 is 0 Å². The highest BCUT2D eigenvalue weighted by Crippen LogP contribution is 2.30. The maximum absolute atomic E-state index is 3.50. The average molecular weight is 308 g/mol. The minimum atomic E-state index is 0.907. The normalized spacial score (nSPS) is 11.2. The minimum Gasteiger partial charge on any atom is -0.316 e. The second-order valence-corrected chi connectivity index (χ2v) is 5.70. The highest BCUT2D eigenvalue weighted by atomic mass is 79.9. The molecule has 1 aromatic carbocycles. The SMILES string of the molecule is CNCC=Cc1ccc(-c2cccc(Br)c2)s1. The number of rotatable bonds is 4. The molecular weight excluding hydrogens is 294 g/mol. The van der Waals surface area contributed by atoms with Crippen LogP contribution >= 0.6 is 27.3 Å². The fraction of sp³-hybridized carbons (Fsp3) is 0.143. The molecule has 0 amide bonds. The molecule has 1 aromatic heterocycles. The number of halogens is 1.